The van der Waals surface area contributed by atoms with Crippen molar-refractivity contribution in [1.29, 1.82) is 0 Å². The Labute approximate surface area is 55.4 Å². The Balaban J connectivity index is 2.01. The summed E-state index contributed by atoms with van der Waals surface area (Å²) >= 11 is 0. The van der Waals surface area contributed by atoms with Gasteiger partial charge in [0.2, 0.25) is 0 Å². The second kappa shape index (κ2) is 1.70. The standard InChI is InChI=1S/C7H13NO/c1-5-2-6-4-7(3-5)8(6)9/h5-7,9H,2-4H2,1H3. The summed E-state index contributed by atoms with van der Waals surface area (Å²) in [5.41, 5.74) is 0. The number of nitrogens with zero attached hydrogens (tertiary/aromatic N) is 1. The third kappa shape index (κ3) is 0.700. The van der Waals surface area contributed by atoms with E-state index in [1.807, 2.05) is 0 Å². The van der Waals surface area contributed by atoms with Gasteiger partial charge in [-0.15, -0.1) is 0 Å². The molecule has 2 saturated heterocycles. The molecule has 9 heavy (non-hydrogen) atoms. The van der Waals surface area contributed by atoms with E-state index in [2.05, 4.69) is 6.92 Å². The van der Waals surface area contributed by atoms with Gasteiger partial charge in [0.05, 0.1) is 0 Å². The predicted molar refractivity (Wildman–Crippen MR) is 34.2 cm³/mol. The van der Waals surface area contributed by atoms with Crippen LogP contribution in [0.5, 0.6) is 0 Å². The van der Waals surface area contributed by atoms with Gasteiger partial charge in [-0.2, -0.15) is 5.06 Å². The molecule has 1 saturated carbocycles. The topological polar surface area (TPSA) is 23.5 Å². The lowest BCUT2D eigenvalue weighted by atomic mass is 9.76. The van der Waals surface area contributed by atoms with Gasteiger partial charge in [0.15, 0.2) is 0 Å². The van der Waals surface area contributed by atoms with Crippen molar-refractivity contribution in [3.05, 3.63) is 0 Å². The molecule has 2 unspecified atom stereocenters. The highest BCUT2D eigenvalue weighted by Gasteiger charge is 2.43. The monoisotopic (exact) mass is 127 g/mol. The Morgan fingerprint density at radius 2 is 1.78 bits per heavy atom. The fourth-order valence-electron chi connectivity index (χ4n) is 2.12. The minimum absolute atomic E-state index is 0.513. The van der Waals surface area contributed by atoms with Gasteiger partial charge < -0.3 is 5.21 Å². The maximum atomic E-state index is 9.18. The van der Waals surface area contributed by atoms with Gasteiger partial charge in [0.1, 0.15) is 0 Å². The van der Waals surface area contributed by atoms with Crippen LogP contribution in [0, 0.1) is 5.92 Å². The summed E-state index contributed by atoms with van der Waals surface area (Å²) < 4.78 is 0. The van der Waals surface area contributed by atoms with Gasteiger partial charge in [0.25, 0.3) is 0 Å². The maximum absolute atomic E-state index is 9.18. The molecule has 0 aromatic heterocycles. The summed E-state index contributed by atoms with van der Waals surface area (Å²) in [6, 6.07) is 1.03. The third-order valence-corrected chi connectivity index (χ3v) is 2.64. The van der Waals surface area contributed by atoms with E-state index in [0.29, 0.717) is 12.1 Å². The van der Waals surface area contributed by atoms with E-state index >= 15 is 0 Å². The van der Waals surface area contributed by atoms with E-state index in [0.717, 1.165) is 5.92 Å². The van der Waals surface area contributed by atoms with Crippen molar-refractivity contribution < 1.29 is 5.21 Å². The summed E-state index contributed by atoms with van der Waals surface area (Å²) in [5.74, 6) is 0.845. The van der Waals surface area contributed by atoms with Crippen LogP contribution >= 0.6 is 0 Å². The largest absolute Gasteiger partial charge is 0.313 e. The normalized spacial score (nSPS) is 50.7. The van der Waals surface area contributed by atoms with E-state index in [1.165, 1.54) is 19.3 Å². The van der Waals surface area contributed by atoms with Crippen molar-refractivity contribution in [2.75, 3.05) is 0 Å². The van der Waals surface area contributed by atoms with Crippen LogP contribution in [0.3, 0.4) is 0 Å². The lowest BCUT2D eigenvalue weighted by Crippen LogP contribution is -2.58. The summed E-state index contributed by atoms with van der Waals surface area (Å²) in [6.07, 6.45) is 3.64. The Morgan fingerprint density at radius 1 is 1.22 bits per heavy atom. The van der Waals surface area contributed by atoms with Crippen LogP contribution in [0.2, 0.25) is 0 Å². The van der Waals surface area contributed by atoms with Crippen LogP contribution in [0.1, 0.15) is 26.2 Å². The van der Waals surface area contributed by atoms with Crippen molar-refractivity contribution in [3.63, 3.8) is 0 Å². The van der Waals surface area contributed by atoms with Crippen molar-refractivity contribution in [2.45, 2.75) is 38.3 Å². The predicted octanol–water partition coefficient (Wildman–Crippen LogP) is 1.25. The zero-order valence-electron chi connectivity index (χ0n) is 5.75. The van der Waals surface area contributed by atoms with E-state index in [1.54, 1.807) is 5.06 Å². The van der Waals surface area contributed by atoms with E-state index in [-0.39, 0.29) is 0 Å². The number of hydrogen-bond donors (Lipinski definition) is 1. The quantitative estimate of drug-likeness (QED) is 0.529. The molecule has 0 aromatic rings. The number of piperidine rings is 1. The van der Waals surface area contributed by atoms with Gasteiger partial charge in [-0.25, -0.2) is 0 Å². The van der Waals surface area contributed by atoms with Gasteiger partial charge in [-0.05, 0) is 25.2 Å². The second-order valence-electron chi connectivity index (χ2n) is 3.50. The number of hydrogen-bond acceptors (Lipinski definition) is 2. The summed E-state index contributed by atoms with van der Waals surface area (Å²) in [5, 5.41) is 10.7. The van der Waals surface area contributed by atoms with E-state index < -0.39 is 0 Å². The summed E-state index contributed by atoms with van der Waals surface area (Å²) in [6.45, 7) is 2.27. The van der Waals surface area contributed by atoms with Crippen molar-refractivity contribution in [3.8, 4) is 0 Å². The molecule has 0 aromatic carbocycles. The Bertz CT molecular complexity index is 114. The lowest BCUT2D eigenvalue weighted by Gasteiger charge is -2.50. The van der Waals surface area contributed by atoms with E-state index in [4.69, 9.17) is 0 Å². The van der Waals surface area contributed by atoms with Crippen LogP contribution in [-0.2, 0) is 0 Å². The van der Waals surface area contributed by atoms with Gasteiger partial charge >= 0.3 is 0 Å². The van der Waals surface area contributed by atoms with E-state index in [9.17, 15) is 5.21 Å². The fraction of sp³-hybridized carbons (Fsp3) is 1.00. The zero-order chi connectivity index (χ0) is 6.43. The van der Waals surface area contributed by atoms with Crippen LogP contribution in [0.4, 0.5) is 0 Å². The highest BCUT2D eigenvalue weighted by Crippen LogP contribution is 2.39. The molecule has 3 fully saturated rings. The molecule has 0 spiro atoms. The maximum Gasteiger partial charge on any atom is 0.0371 e. The minimum Gasteiger partial charge on any atom is -0.313 e. The molecule has 0 radical (unpaired) electrons. The summed E-state index contributed by atoms with van der Waals surface area (Å²) in [4.78, 5) is 0. The van der Waals surface area contributed by atoms with Crippen LogP contribution in [0.25, 0.3) is 0 Å². The van der Waals surface area contributed by atoms with Gasteiger partial charge in [-0.3, -0.25) is 0 Å². The first-order chi connectivity index (χ1) is 4.27. The smallest absolute Gasteiger partial charge is 0.0371 e. The summed E-state index contributed by atoms with van der Waals surface area (Å²) in [7, 11) is 0. The average molecular weight is 127 g/mol. The number of fused-ring (bicyclic) bond motifs is 2. The molecule has 2 heterocycles. The average Bonchev–Trinajstić information content (AvgIpc) is 1.87. The molecule has 3 rings (SSSR count). The SMILES string of the molecule is CC1CC2CC(C1)N2O. The van der Waals surface area contributed by atoms with Crippen molar-refractivity contribution >= 4 is 0 Å². The first-order valence-corrected chi connectivity index (χ1v) is 3.74. The van der Waals surface area contributed by atoms with Crippen molar-refractivity contribution in [2.24, 2.45) is 5.92 Å². The molecule has 1 N–H and O–H groups in total. The lowest BCUT2D eigenvalue weighted by molar-refractivity contribution is -0.249. The van der Waals surface area contributed by atoms with Gasteiger partial charge in [0, 0.05) is 12.1 Å². The molecular weight excluding hydrogens is 114 g/mol. The molecule has 52 valence electrons. The first kappa shape index (κ1) is 5.69. The first-order valence-electron chi connectivity index (χ1n) is 3.74. The molecule has 2 heteroatoms. The van der Waals surface area contributed by atoms with Crippen LogP contribution in [-0.4, -0.2) is 22.4 Å². The van der Waals surface area contributed by atoms with Crippen molar-refractivity contribution in [1.82, 2.24) is 5.06 Å². The molecule has 2 bridgehead atoms. The second-order valence-corrected chi connectivity index (χ2v) is 3.50. The highest BCUT2D eigenvalue weighted by atomic mass is 16.5. The molecule has 1 aliphatic carbocycles. The number of hydroxylamine groups is 2. The Hall–Kier alpha value is -0.0800. The molecule has 0 amide bonds. The molecular formula is C7H13NO. The molecule has 2 atom stereocenters. The zero-order valence-corrected chi connectivity index (χ0v) is 5.75. The van der Waals surface area contributed by atoms with Gasteiger partial charge in [-0.1, -0.05) is 6.92 Å². The molecule has 2 nitrogen and oxygen atoms in total. The van der Waals surface area contributed by atoms with Crippen LogP contribution < -0.4 is 0 Å². The minimum atomic E-state index is 0.513. The Morgan fingerprint density at radius 3 is 2.11 bits per heavy atom. The molecule has 3 aliphatic rings. The van der Waals surface area contributed by atoms with Crippen LogP contribution in [0.15, 0.2) is 0 Å². The fourth-order valence-corrected chi connectivity index (χ4v) is 2.12. The highest BCUT2D eigenvalue weighted by molar-refractivity contribution is 4.94. The Kier molecular flexibility index (Phi) is 1.08. The third-order valence-electron chi connectivity index (χ3n) is 2.64. The number of rotatable bonds is 0. The molecule has 2 aliphatic heterocycles.